The molecule has 3 aliphatic rings. The fourth-order valence-corrected chi connectivity index (χ4v) is 5.72. The standard InChI is InChI=1S/C32H38N6O4/c1-22-11-12-33-29(19-22)37-17-15-36(16-18-37)27-10-9-24(28(39)5-2-3-13-38-14-4-6-30(38)40)20-25(27)34-31(41)26-21-42-32(35-26)23-7-8-23/h9-12,19-21,23H,2-8,13-18H2,1H3,(H,34,41). The van der Waals surface area contributed by atoms with E-state index in [0.717, 1.165) is 69.9 Å². The van der Waals surface area contributed by atoms with Gasteiger partial charge in [0.25, 0.3) is 5.91 Å². The molecule has 1 aliphatic carbocycles. The van der Waals surface area contributed by atoms with Gasteiger partial charge in [0.05, 0.1) is 11.4 Å². The summed E-state index contributed by atoms with van der Waals surface area (Å²) in [4.78, 5) is 53.6. The number of anilines is 3. The number of rotatable bonds is 11. The van der Waals surface area contributed by atoms with E-state index in [9.17, 15) is 14.4 Å². The van der Waals surface area contributed by atoms with Crippen LogP contribution in [0.5, 0.6) is 0 Å². The summed E-state index contributed by atoms with van der Waals surface area (Å²) in [5.41, 5.74) is 3.44. The average molecular weight is 571 g/mol. The van der Waals surface area contributed by atoms with Crippen LogP contribution in [0.1, 0.15) is 83.2 Å². The number of nitrogens with zero attached hydrogens (tertiary/aromatic N) is 5. The predicted molar refractivity (Wildman–Crippen MR) is 160 cm³/mol. The van der Waals surface area contributed by atoms with Crippen LogP contribution in [0.2, 0.25) is 0 Å². The molecule has 0 radical (unpaired) electrons. The molecule has 1 aromatic carbocycles. The fourth-order valence-electron chi connectivity index (χ4n) is 5.72. The van der Waals surface area contributed by atoms with Crippen LogP contribution in [-0.4, -0.2) is 71.7 Å². The van der Waals surface area contributed by atoms with Crippen molar-refractivity contribution in [1.82, 2.24) is 14.9 Å². The van der Waals surface area contributed by atoms with Crippen LogP contribution in [0.25, 0.3) is 0 Å². The molecule has 0 unspecified atom stereocenters. The van der Waals surface area contributed by atoms with Crippen molar-refractivity contribution >= 4 is 34.8 Å². The number of carbonyl (C=O) groups excluding carboxylic acids is 3. The molecule has 1 saturated carbocycles. The molecule has 2 saturated heterocycles. The van der Waals surface area contributed by atoms with E-state index in [4.69, 9.17) is 4.42 Å². The Morgan fingerprint density at radius 1 is 1.02 bits per heavy atom. The Labute approximate surface area is 246 Å². The molecule has 0 spiro atoms. The summed E-state index contributed by atoms with van der Waals surface area (Å²) in [7, 11) is 0. The Balaban J connectivity index is 1.15. The first-order valence-corrected chi connectivity index (χ1v) is 15.1. The smallest absolute Gasteiger partial charge is 0.277 e. The van der Waals surface area contributed by atoms with Crippen molar-refractivity contribution in [3.05, 3.63) is 65.5 Å². The van der Waals surface area contributed by atoms with Crippen LogP contribution in [0, 0.1) is 6.92 Å². The Hall–Kier alpha value is -4.21. The minimum absolute atomic E-state index is 0.0256. The Morgan fingerprint density at radius 2 is 1.83 bits per heavy atom. The highest BCUT2D eigenvalue weighted by molar-refractivity contribution is 6.06. The number of pyridine rings is 1. The third-order valence-corrected chi connectivity index (χ3v) is 8.35. The highest BCUT2D eigenvalue weighted by Crippen LogP contribution is 2.39. The number of aryl methyl sites for hydroxylation is 1. The molecular formula is C32H38N6O4. The van der Waals surface area contributed by atoms with Gasteiger partial charge in [0.15, 0.2) is 17.4 Å². The molecule has 0 bridgehead atoms. The summed E-state index contributed by atoms with van der Waals surface area (Å²) in [5, 5.41) is 3.03. The van der Waals surface area contributed by atoms with E-state index in [1.54, 1.807) is 6.07 Å². The van der Waals surface area contributed by atoms with Crippen LogP contribution in [0.15, 0.2) is 47.2 Å². The first-order valence-electron chi connectivity index (χ1n) is 15.1. The lowest BCUT2D eigenvalue weighted by Gasteiger charge is -2.37. The zero-order chi connectivity index (χ0) is 29.1. The van der Waals surface area contributed by atoms with Crippen LogP contribution in [0.3, 0.4) is 0 Å². The van der Waals surface area contributed by atoms with Gasteiger partial charge in [-0.1, -0.05) is 0 Å². The SMILES string of the molecule is Cc1ccnc(N2CCN(c3ccc(C(=O)CCCCN4CCCC4=O)cc3NC(=O)c3coc(C4CC4)n3)CC2)c1. The molecule has 2 amide bonds. The topological polar surface area (TPSA) is 112 Å². The second kappa shape index (κ2) is 12.3. The Bertz CT molecular complexity index is 1460. The minimum Gasteiger partial charge on any atom is -0.448 e. The van der Waals surface area contributed by atoms with Crippen LogP contribution in [-0.2, 0) is 4.79 Å². The van der Waals surface area contributed by atoms with E-state index in [0.29, 0.717) is 48.9 Å². The maximum atomic E-state index is 13.2. The molecule has 10 heteroatoms. The highest BCUT2D eigenvalue weighted by atomic mass is 16.3. The number of benzene rings is 1. The van der Waals surface area contributed by atoms with Crippen molar-refractivity contribution < 1.29 is 18.8 Å². The number of likely N-dealkylation sites (tertiary alicyclic amines) is 1. The van der Waals surface area contributed by atoms with Gasteiger partial charge in [0.1, 0.15) is 12.1 Å². The summed E-state index contributed by atoms with van der Waals surface area (Å²) in [6, 6.07) is 9.67. The number of Topliss-reactive ketones (excluding diaryl/α,β-unsaturated/α-hetero) is 1. The van der Waals surface area contributed by atoms with Crippen molar-refractivity contribution in [2.45, 2.75) is 57.8 Å². The normalized spacial score (nSPS) is 17.2. The number of nitrogens with one attached hydrogen (secondary N) is 1. The summed E-state index contributed by atoms with van der Waals surface area (Å²) >= 11 is 0. The van der Waals surface area contributed by atoms with Crippen molar-refractivity contribution in [3.63, 3.8) is 0 Å². The lowest BCUT2D eigenvalue weighted by atomic mass is 10.0. The average Bonchev–Trinajstić information content (AvgIpc) is 3.58. The highest BCUT2D eigenvalue weighted by Gasteiger charge is 2.30. The first kappa shape index (κ1) is 27.9. The van der Waals surface area contributed by atoms with Gasteiger partial charge in [-0.15, -0.1) is 0 Å². The molecule has 10 nitrogen and oxygen atoms in total. The molecule has 42 heavy (non-hydrogen) atoms. The zero-order valence-electron chi connectivity index (χ0n) is 24.2. The van der Waals surface area contributed by atoms with Crippen molar-refractivity contribution in [2.75, 3.05) is 54.4 Å². The molecule has 2 aromatic heterocycles. The number of piperazine rings is 1. The monoisotopic (exact) mass is 570 g/mol. The van der Waals surface area contributed by atoms with E-state index < -0.39 is 0 Å². The third-order valence-electron chi connectivity index (χ3n) is 8.35. The van der Waals surface area contributed by atoms with Gasteiger partial charge in [-0.3, -0.25) is 14.4 Å². The largest absolute Gasteiger partial charge is 0.448 e. The number of hydrogen-bond donors (Lipinski definition) is 1. The quantitative estimate of drug-likeness (QED) is 0.258. The lowest BCUT2D eigenvalue weighted by molar-refractivity contribution is -0.127. The van der Waals surface area contributed by atoms with Crippen LogP contribution in [0.4, 0.5) is 17.2 Å². The predicted octanol–water partition coefficient (Wildman–Crippen LogP) is 4.81. The second-order valence-corrected chi connectivity index (χ2v) is 11.6. The van der Waals surface area contributed by atoms with Crippen molar-refractivity contribution in [1.29, 1.82) is 0 Å². The van der Waals surface area contributed by atoms with Gasteiger partial charge in [-0.25, -0.2) is 9.97 Å². The van der Waals surface area contributed by atoms with Gasteiger partial charge in [0, 0.05) is 69.8 Å². The third kappa shape index (κ3) is 6.48. The number of amides is 2. The lowest BCUT2D eigenvalue weighted by Crippen LogP contribution is -2.47. The van der Waals surface area contributed by atoms with Gasteiger partial charge in [0.2, 0.25) is 5.91 Å². The number of hydrogen-bond acceptors (Lipinski definition) is 8. The summed E-state index contributed by atoms with van der Waals surface area (Å²) in [5.74, 6) is 1.78. The fraction of sp³-hybridized carbons (Fsp3) is 0.469. The Kier molecular flexibility index (Phi) is 8.21. The maximum absolute atomic E-state index is 13.2. The number of aromatic nitrogens is 2. The van der Waals surface area contributed by atoms with Gasteiger partial charge in [-0.2, -0.15) is 0 Å². The molecular weight excluding hydrogens is 532 g/mol. The number of unbranched alkanes of at least 4 members (excludes halogenated alkanes) is 1. The number of carbonyl (C=O) groups is 3. The van der Waals surface area contributed by atoms with Gasteiger partial charge in [-0.05, 0) is 74.9 Å². The number of oxazole rings is 1. The molecule has 3 fully saturated rings. The summed E-state index contributed by atoms with van der Waals surface area (Å²) < 4.78 is 5.54. The van der Waals surface area contributed by atoms with Crippen molar-refractivity contribution in [2.24, 2.45) is 0 Å². The van der Waals surface area contributed by atoms with Crippen molar-refractivity contribution in [3.8, 4) is 0 Å². The summed E-state index contributed by atoms with van der Waals surface area (Å²) in [6.07, 6.45) is 8.79. The molecule has 220 valence electrons. The molecule has 4 heterocycles. The molecule has 2 aliphatic heterocycles. The van der Waals surface area contributed by atoms with Crippen LogP contribution < -0.4 is 15.1 Å². The molecule has 1 N–H and O–H groups in total. The van der Waals surface area contributed by atoms with Crippen LogP contribution >= 0.6 is 0 Å². The maximum Gasteiger partial charge on any atom is 0.277 e. The zero-order valence-corrected chi connectivity index (χ0v) is 24.2. The van der Waals surface area contributed by atoms with E-state index in [2.05, 4.69) is 38.1 Å². The first-order chi connectivity index (χ1) is 20.4. The Morgan fingerprint density at radius 3 is 2.57 bits per heavy atom. The molecule has 3 aromatic rings. The molecule has 0 atom stereocenters. The van der Waals surface area contributed by atoms with E-state index in [-0.39, 0.29) is 23.3 Å². The minimum atomic E-state index is -0.352. The second-order valence-electron chi connectivity index (χ2n) is 11.6. The van der Waals surface area contributed by atoms with E-state index in [1.807, 2.05) is 29.3 Å². The number of ketones is 1. The van der Waals surface area contributed by atoms with Gasteiger partial charge < -0.3 is 24.4 Å². The summed E-state index contributed by atoms with van der Waals surface area (Å²) in [6.45, 7) is 6.66. The van der Waals surface area contributed by atoms with E-state index >= 15 is 0 Å². The van der Waals surface area contributed by atoms with Gasteiger partial charge >= 0.3 is 0 Å². The molecule has 6 rings (SSSR count). The van der Waals surface area contributed by atoms with E-state index in [1.165, 1.54) is 11.8 Å².